The topological polar surface area (TPSA) is 59.7 Å². The van der Waals surface area contributed by atoms with E-state index in [4.69, 9.17) is 16.3 Å². The molecule has 0 aliphatic carbocycles. The fourth-order valence-corrected chi connectivity index (χ4v) is 4.56. The smallest absolute Gasteiger partial charge is 0.410 e. The molecule has 3 heterocycles. The average molecular weight is 464 g/mol. The first-order valence-electron chi connectivity index (χ1n) is 9.20. The number of fused-ring (bicyclic) bond motifs is 1. The lowest BCUT2D eigenvalue weighted by Gasteiger charge is -2.36. The van der Waals surface area contributed by atoms with Crippen LogP contribution in [0, 0.1) is 0 Å². The van der Waals surface area contributed by atoms with Gasteiger partial charge in [0.25, 0.3) is 0 Å². The molecule has 1 fully saturated rings. The highest BCUT2D eigenvalue weighted by molar-refractivity contribution is 9.10. The van der Waals surface area contributed by atoms with E-state index < -0.39 is 0 Å². The standard InChI is InChI=1S/C20H20BrClN4O2/c1-13-7-8-15(19-24-17(21)16-18(22)23-9-10-25(16)19)11-26(13)20(27)28-12-14-5-3-2-4-6-14/h2-6,9-10,13,15H,7-8,11-12H2,1H3/t13-,15+/m0/s1. The molecule has 8 heteroatoms. The van der Waals surface area contributed by atoms with Crippen LogP contribution in [0.15, 0.2) is 47.3 Å². The highest BCUT2D eigenvalue weighted by atomic mass is 79.9. The van der Waals surface area contributed by atoms with Crippen LogP contribution in [-0.2, 0) is 11.3 Å². The Morgan fingerprint density at radius 1 is 1.32 bits per heavy atom. The fraction of sp³-hybridized carbons (Fsp3) is 0.350. The predicted molar refractivity (Wildman–Crippen MR) is 110 cm³/mol. The summed E-state index contributed by atoms with van der Waals surface area (Å²) in [5, 5.41) is 0.399. The van der Waals surface area contributed by atoms with Crippen molar-refractivity contribution in [3.63, 3.8) is 0 Å². The Hall–Kier alpha value is -2.12. The van der Waals surface area contributed by atoms with E-state index in [2.05, 4.69) is 32.8 Å². The molecule has 0 unspecified atom stereocenters. The van der Waals surface area contributed by atoms with Gasteiger partial charge in [-0.3, -0.25) is 4.40 Å². The molecule has 1 aliphatic rings. The molecule has 0 N–H and O–H groups in total. The van der Waals surface area contributed by atoms with Crippen LogP contribution in [0.4, 0.5) is 4.79 Å². The van der Waals surface area contributed by atoms with Crippen molar-refractivity contribution in [1.29, 1.82) is 0 Å². The number of halogens is 2. The SMILES string of the molecule is C[C@H]1CC[C@@H](c2nc(Br)c3c(Cl)nccn23)CN1C(=O)OCc1ccccc1. The van der Waals surface area contributed by atoms with Gasteiger partial charge in [0, 0.05) is 30.9 Å². The molecule has 0 spiro atoms. The number of imidazole rings is 1. The summed E-state index contributed by atoms with van der Waals surface area (Å²) in [6.45, 7) is 2.88. The van der Waals surface area contributed by atoms with Crippen molar-refractivity contribution in [1.82, 2.24) is 19.3 Å². The van der Waals surface area contributed by atoms with Crippen LogP contribution >= 0.6 is 27.5 Å². The largest absolute Gasteiger partial charge is 0.445 e. The Morgan fingerprint density at radius 3 is 2.89 bits per heavy atom. The third-order valence-corrected chi connectivity index (χ3v) is 6.01. The number of carbonyl (C=O) groups excluding carboxylic acids is 1. The number of aromatic nitrogens is 3. The van der Waals surface area contributed by atoms with Crippen LogP contribution in [0.1, 0.15) is 37.1 Å². The van der Waals surface area contributed by atoms with E-state index in [1.807, 2.05) is 40.9 Å². The van der Waals surface area contributed by atoms with Gasteiger partial charge in [0.15, 0.2) is 5.15 Å². The summed E-state index contributed by atoms with van der Waals surface area (Å²) in [6.07, 6.45) is 5.04. The molecule has 1 saturated heterocycles. The van der Waals surface area contributed by atoms with Gasteiger partial charge in [-0.2, -0.15) is 0 Å². The number of amides is 1. The first-order valence-corrected chi connectivity index (χ1v) is 10.4. The van der Waals surface area contributed by atoms with Crippen molar-refractivity contribution < 1.29 is 9.53 Å². The van der Waals surface area contributed by atoms with Crippen LogP contribution in [0.5, 0.6) is 0 Å². The van der Waals surface area contributed by atoms with E-state index in [1.165, 1.54) is 0 Å². The quantitative estimate of drug-likeness (QED) is 0.545. The Bertz CT molecular complexity index is 995. The Kier molecular flexibility index (Phi) is 5.55. The molecular formula is C20H20BrClN4O2. The molecule has 0 radical (unpaired) electrons. The van der Waals surface area contributed by atoms with E-state index in [9.17, 15) is 4.79 Å². The van der Waals surface area contributed by atoms with Gasteiger partial charge in [0.05, 0.1) is 0 Å². The van der Waals surface area contributed by atoms with E-state index in [-0.39, 0.29) is 24.7 Å². The fourth-order valence-electron chi connectivity index (χ4n) is 3.65. The number of hydrogen-bond donors (Lipinski definition) is 0. The molecule has 0 bridgehead atoms. The molecule has 1 aromatic carbocycles. The lowest BCUT2D eigenvalue weighted by molar-refractivity contribution is 0.0667. The van der Waals surface area contributed by atoms with Crippen LogP contribution in [0.3, 0.4) is 0 Å². The molecule has 2 aromatic heterocycles. The molecular weight excluding hydrogens is 444 g/mol. The Balaban J connectivity index is 1.52. The van der Waals surface area contributed by atoms with Gasteiger partial charge < -0.3 is 9.64 Å². The summed E-state index contributed by atoms with van der Waals surface area (Å²) < 4.78 is 8.17. The van der Waals surface area contributed by atoms with Gasteiger partial charge in [-0.05, 0) is 41.3 Å². The molecule has 28 heavy (non-hydrogen) atoms. The van der Waals surface area contributed by atoms with Crippen LogP contribution in [-0.4, -0.2) is 37.9 Å². The van der Waals surface area contributed by atoms with Gasteiger partial charge in [0.2, 0.25) is 0 Å². The van der Waals surface area contributed by atoms with Crippen LogP contribution in [0.2, 0.25) is 5.15 Å². The summed E-state index contributed by atoms with van der Waals surface area (Å²) >= 11 is 9.71. The second-order valence-electron chi connectivity index (χ2n) is 7.01. The zero-order valence-electron chi connectivity index (χ0n) is 15.4. The molecule has 0 saturated carbocycles. The van der Waals surface area contributed by atoms with Gasteiger partial charge >= 0.3 is 6.09 Å². The number of benzene rings is 1. The maximum Gasteiger partial charge on any atom is 0.410 e. The van der Waals surface area contributed by atoms with Gasteiger partial charge in [-0.25, -0.2) is 14.8 Å². The summed E-state index contributed by atoms with van der Waals surface area (Å²) in [7, 11) is 0. The summed E-state index contributed by atoms with van der Waals surface area (Å²) in [5.74, 6) is 0.969. The maximum absolute atomic E-state index is 12.7. The van der Waals surface area contributed by atoms with Crippen molar-refractivity contribution in [2.75, 3.05) is 6.54 Å². The van der Waals surface area contributed by atoms with E-state index in [0.29, 0.717) is 16.3 Å². The highest BCUT2D eigenvalue weighted by Gasteiger charge is 2.33. The average Bonchev–Trinajstić information content (AvgIpc) is 3.05. The first kappa shape index (κ1) is 19.2. The number of piperidine rings is 1. The molecule has 2 atom stereocenters. The minimum absolute atomic E-state index is 0.0951. The molecule has 1 amide bonds. The predicted octanol–water partition coefficient (Wildman–Crippen LogP) is 5.05. The monoisotopic (exact) mass is 462 g/mol. The van der Waals surface area contributed by atoms with E-state index in [1.54, 1.807) is 11.1 Å². The second-order valence-corrected chi connectivity index (χ2v) is 8.12. The second kappa shape index (κ2) is 8.09. The van der Waals surface area contributed by atoms with E-state index >= 15 is 0 Å². The van der Waals surface area contributed by atoms with E-state index in [0.717, 1.165) is 29.7 Å². The van der Waals surface area contributed by atoms with Gasteiger partial charge in [-0.1, -0.05) is 41.9 Å². The highest BCUT2D eigenvalue weighted by Crippen LogP contribution is 2.34. The Morgan fingerprint density at radius 2 is 2.11 bits per heavy atom. The normalized spacial score (nSPS) is 19.8. The van der Waals surface area contributed by atoms with Crippen molar-refractivity contribution in [3.05, 3.63) is 63.9 Å². The Labute approximate surface area is 176 Å². The third kappa shape index (κ3) is 3.73. The van der Waals surface area contributed by atoms with Crippen molar-refractivity contribution in [3.8, 4) is 0 Å². The molecule has 4 rings (SSSR count). The maximum atomic E-state index is 12.7. The van der Waals surface area contributed by atoms with Crippen molar-refractivity contribution in [2.24, 2.45) is 0 Å². The van der Waals surface area contributed by atoms with Crippen molar-refractivity contribution >= 4 is 39.1 Å². The molecule has 6 nitrogen and oxygen atoms in total. The summed E-state index contributed by atoms with van der Waals surface area (Å²) in [6, 6.07) is 9.83. The summed E-state index contributed by atoms with van der Waals surface area (Å²) in [5.41, 5.74) is 1.72. The lowest BCUT2D eigenvalue weighted by atomic mass is 9.93. The molecule has 3 aromatic rings. The number of hydrogen-bond acceptors (Lipinski definition) is 4. The number of ether oxygens (including phenoxy) is 1. The lowest BCUT2D eigenvalue weighted by Crippen LogP contribution is -2.45. The van der Waals surface area contributed by atoms with Crippen LogP contribution in [0.25, 0.3) is 5.52 Å². The molecule has 146 valence electrons. The number of rotatable bonds is 3. The number of carbonyl (C=O) groups is 1. The number of likely N-dealkylation sites (tertiary alicyclic amines) is 1. The molecule has 1 aliphatic heterocycles. The first-order chi connectivity index (χ1) is 13.5. The summed E-state index contributed by atoms with van der Waals surface area (Å²) in [4.78, 5) is 23.3. The van der Waals surface area contributed by atoms with Gasteiger partial charge in [0.1, 0.15) is 22.6 Å². The number of nitrogens with zero attached hydrogens (tertiary/aromatic N) is 4. The minimum Gasteiger partial charge on any atom is -0.445 e. The zero-order valence-corrected chi connectivity index (χ0v) is 17.7. The van der Waals surface area contributed by atoms with Crippen LogP contribution < -0.4 is 0 Å². The third-order valence-electron chi connectivity index (χ3n) is 5.18. The van der Waals surface area contributed by atoms with Crippen molar-refractivity contribution in [2.45, 2.75) is 38.3 Å². The minimum atomic E-state index is -0.291. The zero-order chi connectivity index (χ0) is 19.7. The van der Waals surface area contributed by atoms with Gasteiger partial charge in [-0.15, -0.1) is 0 Å².